The lowest BCUT2D eigenvalue weighted by Crippen LogP contribution is -2.41. The van der Waals surface area contributed by atoms with Crippen LogP contribution in [0.2, 0.25) is 0 Å². The number of halogens is 5. The van der Waals surface area contributed by atoms with Crippen LogP contribution in [0.4, 0.5) is 17.6 Å². The average Bonchev–Trinajstić information content (AvgIpc) is 2.54. The molecule has 1 heterocycles. The predicted molar refractivity (Wildman–Crippen MR) is 90.1 cm³/mol. The van der Waals surface area contributed by atoms with Crippen molar-refractivity contribution in [1.82, 2.24) is 4.31 Å². The van der Waals surface area contributed by atoms with Crippen molar-refractivity contribution >= 4 is 22.4 Å². The highest BCUT2D eigenvalue weighted by atomic mass is 35.5. The number of rotatable bonds is 6. The Kier molecular flexibility index (Phi) is 8.28. The van der Waals surface area contributed by atoms with E-state index in [4.69, 9.17) is 10.5 Å². The van der Waals surface area contributed by atoms with E-state index in [1.807, 2.05) is 0 Å². The largest absolute Gasteiger partial charge is 0.419 e. The van der Waals surface area contributed by atoms with Crippen molar-refractivity contribution in [2.24, 2.45) is 5.73 Å². The van der Waals surface area contributed by atoms with Crippen molar-refractivity contribution in [2.45, 2.75) is 36.4 Å². The maximum absolute atomic E-state index is 13.6. The highest BCUT2D eigenvalue weighted by Crippen LogP contribution is 2.33. The molecule has 1 aliphatic heterocycles. The standard InChI is InChI=1S/C15H20F4N2O3S.ClH/c16-14-10-12(2-3-13(14)15(17,18)19)25(22,23)21-7-4-11(5-8-21)24-9-1-6-20;/h2-3,10-11H,1,4-9,20H2;1H. The first-order valence-electron chi connectivity index (χ1n) is 7.85. The van der Waals surface area contributed by atoms with Crippen molar-refractivity contribution in [2.75, 3.05) is 26.2 Å². The lowest BCUT2D eigenvalue weighted by atomic mass is 10.1. The van der Waals surface area contributed by atoms with E-state index < -0.39 is 32.5 Å². The third-order valence-electron chi connectivity index (χ3n) is 3.99. The van der Waals surface area contributed by atoms with Gasteiger partial charge in [-0.1, -0.05) is 0 Å². The molecule has 26 heavy (non-hydrogen) atoms. The average molecular weight is 421 g/mol. The Bertz CT molecular complexity index is 693. The second kappa shape index (κ2) is 9.32. The summed E-state index contributed by atoms with van der Waals surface area (Å²) in [4.78, 5) is -0.486. The third-order valence-corrected chi connectivity index (χ3v) is 5.88. The van der Waals surface area contributed by atoms with Gasteiger partial charge < -0.3 is 10.5 Å². The number of hydrogen-bond donors (Lipinski definition) is 1. The fraction of sp³-hybridized carbons (Fsp3) is 0.600. The molecule has 2 N–H and O–H groups in total. The summed E-state index contributed by atoms with van der Waals surface area (Å²) in [5.41, 5.74) is 3.88. The predicted octanol–water partition coefficient (Wildman–Crippen LogP) is 2.78. The zero-order chi connectivity index (χ0) is 18.7. The summed E-state index contributed by atoms with van der Waals surface area (Å²) in [5, 5.41) is 0. The van der Waals surface area contributed by atoms with Gasteiger partial charge in [0.1, 0.15) is 5.82 Å². The molecule has 5 nitrogen and oxygen atoms in total. The smallest absolute Gasteiger partial charge is 0.378 e. The van der Waals surface area contributed by atoms with Gasteiger partial charge in [0.15, 0.2) is 0 Å². The number of benzene rings is 1. The van der Waals surface area contributed by atoms with Gasteiger partial charge in [0.25, 0.3) is 0 Å². The molecule has 0 unspecified atom stereocenters. The van der Waals surface area contributed by atoms with Gasteiger partial charge in [-0.15, -0.1) is 12.4 Å². The molecule has 150 valence electrons. The molecule has 2 rings (SSSR count). The van der Waals surface area contributed by atoms with Gasteiger partial charge >= 0.3 is 6.18 Å². The number of nitrogens with zero attached hydrogens (tertiary/aromatic N) is 1. The Labute approximate surface area is 155 Å². The van der Waals surface area contributed by atoms with Crippen LogP contribution in [0, 0.1) is 5.82 Å². The van der Waals surface area contributed by atoms with Crippen LogP contribution < -0.4 is 5.73 Å². The molecule has 11 heteroatoms. The van der Waals surface area contributed by atoms with Crippen molar-refractivity contribution < 1.29 is 30.7 Å². The quantitative estimate of drug-likeness (QED) is 0.567. The van der Waals surface area contributed by atoms with E-state index >= 15 is 0 Å². The second-order valence-electron chi connectivity index (χ2n) is 5.76. The van der Waals surface area contributed by atoms with Crippen LogP contribution in [0.5, 0.6) is 0 Å². The Morgan fingerprint density at radius 2 is 1.85 bits per heavy atom. The van der Waals surface area contributed by atoms with Gasteiger partial charge in [-0.2, -0.15) is 17.5 Å². The lowest BCUT2D eigenvalue weighted by molar-refractivity contribution is -0.140. The first-order chi connectivity index (χ1) is 11.7. The number of piperidine rings is 1. The molecule has 0 aliphatic carbocycles. The molecule has 1 aliphatic rings. The molecule has 0 radical (unpaired) electrons. The number of sulfonamides is 1. The molecule has 0 amide bonds. The Morgan fingerprint density at radius 3 is 2.35 bits per heavy atom. The van der Waals surface area contributed by atoms with Gasteiger partial charge in [-0.25, -0.2) is 12.8 Å². The van der Waals surface area contributed by atoms with Crippen LogP contribution in [0.15, 0.2) is 23.1 Å². The van der Waals surface area contributed by atoms with Crippen molar-refractivity contribution in [3.05, 3.63) is 29.6 Å². The van der Waals surface area contributed by atoms with Crippen LogP contribution in [-0.4, -0.2) is 45.1 Å². The van der Waals surface area contributed by atoms with E-state index in [1.54, 1.807) is 0 Å². The molecule has 0 bridgehead atoms. The highest BCUT2D eigenvalue weighted by Gasteiger charge is 2.36. The normalized spacial score (nSPS) is 17.1. The monoisotopic (exact) mass is 420 g/mol. The third kappa shape index (κ3) is 5.53. The second-order valence-corrected chi connectivity index (χ2v) is 7.69. The summed E-state index contributed by atoms with van der Waals surface area (Å²) in [7, 11) is -4.04. The lowest BCUT2D eigenvalue weighted by Gasteiger charge is -2.31. The molecule has 0 atom stereocenters. The van der Waals surface area contributed by atoms with Gasteiger partial charge in [0.2, 0.25) is 10.0 Å². The number of hydrogen-bond acceptors (Lipinski definition) is 4. The van der Waals surface area contributed by atoms with Crippen LogP contribution in [0.1, 0.15) is 24.8 Å². The molecular weight excluding hydrogens is 400 g/mol. The Morgan fingerprint density at radius 1 is 1.23 bits per heavy atom. The zero-order valence-electron chi connectivity index (χ0n) is 13.8. The molecule has 0 spiro atoms. The minimum atomic E-state index is -4.87. The molecule has 1 saturated heterocycles. The first kappa shape index (κ1) is 23.1. The van der Waals surface area contributed by atoms with E-state index in [-0.39, 0.29) is 31.6 Å². The van der Waals surface area contributed by atoms with Crippen molar-refractivity contribution in [1.29, 1.82) is 0 Å². The summed E-state index contributed by atoms with van der Waals surface area (Å²) in [6.45, 7) is 1.33. The van der Waals surface area contributed by atoms with Crippen LogP contribution in [0.3, 0.4) is 0 Å². The first-order valence-corrected chi connectivity index (χ1v) is 9.29. The minimum absolute atomic E-state index is 0. The fourth-order valence-corrected chi connectivity index (χ4v) is 4.09. The SMILES string of the molecule is Cl.NCCCOC1CCN(S(=O)(=O)c2ccc(C(F)(F)F)c(F)c2)CC1. The van der Waals surface area contributed by atoms with E-state index in [0.717, 1.165) is 10.4 Å². The molecule has 0 saturated carbocycles. The van der Waals surface area contributed by atoms with Crippen LogP contribution in [-0.2, 0) is 20.9 Å². The van der Waals surface area contributed by atoms with Crippen LogP contribution >= 0.6 is 12.4 Å². The van der Waals surface area contributed by atoms with E-state index in [2.05, 4.69) is 0 Å². The molecule has 1 aromatic rings. The molecule has 1 aromatic carbocycles. The van der Waals surface area contributed by atoms with Gasteiger partial charge in [0, 0.05) is 19.7 Å². The van der Waals surface area contributed by atoms with Gasteiger partial charge in [-0.3, -0.25) is 0 Å². The maximum atomic E-state index is 13.6. The summed E-state index contributed by atoms with van der Waals surface area (Å²) in [6, 6.07) is 1.65. The number of alkyl halides is 3. The van der Waals surface area contributed by atoms with Crippen LogP contribution in [0.25, 0.3) is 0 Å². The fourth-order valence-electron chi connectivity index (χ4n) is 2.61. The molecule has 0 aromatic heterocycles. The topological polar surface area (TPSA) is 72.6 Å². The highest BCUT2D eigenvalue weighted by molar-refractivity contribution is 7.89. The summed E-state index contributed by atoms with van der Waals surface area (Å²) in [6.07, 6.45) is -3.31. The Balaban J connectivity index is 0.00000338. The van der Waals surface area contributed by atoms with Gasteiger partial charge in [-0.05, 0) is 44.0 Å². The number of nitrogens with two attached hydrogens (primary N) is 1. The Hall–Kier alpha value is -0.940. The minimum Gasteiger partial charge on any atom is -0.378 e. The number of ether oxygens (including phenoxy) is 1. The van der Waals surface area contributed by atoms with E-state index in [0.29, 0.717) is 44.5 Å². The molecular formula is C15H21ClF4N2O3S. The summed E-state index contributed by atoms with van der Waals surface area (Å²) >= 11 is 0. The van der Waals surface area contributed by atoms with E-state index in [9.17, 15) is 26.0 Å². The summed E-state index contributed by atoms with van der Waals surface area (Å²) in [5.74, 6) is -1.60. The molecule has 1 fully saturated rings. The van der Waals surface area contributed by atoms with Crippen molar-refractivity contribution in [3.63, 3.8) is 0 Å². The summed E-state index contributed by atoms with van der Waals surface area (Å²) < 4.78 is 83.1. The van der Waals surface area contributed by atoms with Crippen molar-refractivity contribution in [3.8, 4) is 0 Å². The van der Waals surface area contributed by atoms with Gasteiger partial charge in [0.05, 0.1) is 16.6 Å². The maximum Gasteiger partial charge on any atom is 0.419 e. The zero-order valence-corrected chi connectivity index (χ0v) is 15.5. The van der Waals surface area contributed by atoms with E-state index in [1.165, 1.54) is 0 Å².